The van der Waals surface area contributed by atoms with Crippen molar-refractivity contribution in [3.8, 4) is 0 Å². The van der Waals surface area contributed by atoms with Crippen LogP contribution in [0.1, 0.15) is 17.4 Å². The Kier molecular flexibility index (Phi) is 3.34. The zero-order valence-electron chi connectivity index (χ0n) is 8.91. The number of carbonyl (C=O) groups is 2. The van der Waals surface area contributed by atoms with Crippen molar-refractivity contribution in [2.75, 3.05) is 4.90 Å². The van der Waals surface area contributed by atoms with Gasteiger partial charge in [-0.2, -0.15) is 0 Å². The highest BCUT2D eigenvalue weighted by Gasteiger charge is 2.24. The highest BCUT2D eigenvalue weighted by molar-refractivity contribution is 8.03. The first kappa shape index (κ1) is 11.9. The molecule has 0 aliphatic carbocycles. The number of primary amides is 1. The van der Waals surface area contributed by atoms with Crippen molar-refractivity contribution in [3.05, 3.63) is 22.7 Å². The molecule has 0 bridgehead atoms. The lowest BCUT2D eigenvalue weighted by Gasteiger charge is -2.22. The van der Waals surface area contributed by atoms with E-state index < -0.39 is 5.91 Å². The van der Waals surface area contributed by atoms with Gasteiger partial charge in [-0.3, -0.25) is 14.5 Å². The lowest BCUT2D eigenvalue weighted by atomic mass is 10.5. The van der Waals surface area contributed by atoms with E-state index in [9.17, 15) is 9.59 Å². The van der Waals surface area contributed by atoms with E-state index in [0.717, 1.165) is 0 Å². The number of nitrogens with one attached hydrogen (secondary N) is 1. The number of nitrogens with zero attached hydrogens (tertiary/aromatic N) is 2. The van der Waals surface area contributed by atoms with Crippen LogP contribution in [-0.4, -0.2) is 22.3 Å². The minimum absolute atomic E-state index is 0.122. The standard InChI is InChI=1S/C9H10N4O2S2/c1-5(14)11-8-13(2-3-16-8)9-12-6(4-17-9)7(10)15/h2-4,8H,1H3,(H2,10,15)(H,11,14). The van der Waals surface area contributed by atoms with E-state index in [1.54, 1.807) is 16.5 Å². The molecule has 2 rings (SSSR count). The van der Waals surface area contributed by atoms with Gasteiger partial charge in [0.1, 0.15) is 5.69 Å². The predicted octanol–water partition coefficient (Wildman–Crippen LogP) is 0.686. The third-order valence-electron chi connectivity index (χ3n) is 1.97. The molecule has 1 atom stereocenters. The number of hydrogen-bond acceptors (Lipinski definition) is 6. The van der Waals surface area contributed by atoms with Crippen LogP contribution in [0.15, 0.2) is 17.0 Å². The SMILES string of the molecule is CC(=O)NC1SC=CN1c1nc(C(N)=O)cs1. The number of anilines is 1. The van der Waals surface area contributed by atoms with Gasteiger partial charge in [0.2, 0.25) is 5.91 Å². The van der Waals surface area contributed by atoms with E-state index >= 15 is 0 Å². The number of amides is 2. The molecule has 1 aromatic heterocycles. The Hall–Kier alpha value is -1.54. The minimum Gasteiger partial charge on any atom is -0.364 e. The Morgan fingerprint density at radius 2 is 2.35 bits per heavy atom. The van der Waals surface area contributed by atoms with Gasteiger partial charge >= 0.3 is 0 Å². The number of thiazole rings is 1. The van der Waals surface area contributed by atoms with Gasteiger partial charge in [0.25, 0.3) is 5.91 Å². The first-order valence-electron chi connectivity index (χ1n) is 4.71. The number of aromatic nitrogens is 1. The van der Waals surface area contributed by atoms with E-state index in [-0.39, 0.29) is 17.1 Å². The molecule has 0 radical (unpaired) electrons. The molecule has 0 spiro atoms. The van der Waals surface area contributed by atoms with Crippen LogP contribution in [0.3, 0.4) is 0 Å². The van der Waals surface area contributed by atoms with Gasteiger partial charge in [-0.1, -0.05) is 11.8 Å². The fourth-order valence-electron chi connectivity index (χ4n) is 1.26. The first-order chi connectivity index (χ1) is 8.08. The third kappa shape index (κ3) is 2.59. The average Bonchev–Trinajstić information content (AvgIpc) is 2.83. The molecule has 0 saturated heterocycles. The summed E-state index contributed by atoms with van der Waals surface area (Å²) < 4.78 is 0. The van der Waals surface area contributed by atoms with E-state index in [0.29, 0.717) is 5.13 Å². The van der Waals surface area contributed by atoms with Crippen LogP contribution in [0.4, 0.5) is 5.13 Å². The zero-order valence-corrected chi connectivity index (χ0v) is 10.5. The van der Waals surface area contributed by atoms with Crippen molar-refractivity contribution in [2.24, 2.45) is 5.73 Å². The average molecular weight is 270 g/mol. The largest absolute Gasteiger partial charge is 0.364 e. The number of carbonyl (C=O) groups excluding carboxylic acids is 2. The van der Waals surface area contributed by atoms with Gasteiger partial charge in [0.05, 0.1) is 0 Å². The van der Waals surface area contributed by atoms with E-state index in [2.05, 4.69) is 10.3 Å². The fraction of sp³-hybridized carbons (Fsp3) is 0.222. The maximum Gasteiger partial charge on any atom is 0.268 e. The van der Waals surface area contributed by atoms with Crippen molar-refractivity contribution < 1.29 is 9.59 Å². The molecule has 0 fully saturated rings. The summed E-state index contributed by atoms with van der Waals surface area (Å²) >= 11 is 2.76. The lowest BCUT2D eigenvalue weighted by molar-refractivity contribution is -0.119. The molecular weight excluding hydrogens is 260 g/mol. The predicted molar refractivity (Wildman–Crippen MR) is 67.4 cm³/mol. The van der Waals surface area contributed by atoms with Gasteiger partial charge in [0, 0.05) is 18.5 Å². The van der Waals surface area contributed by atoms with Gasteiger partial charge in [-0.25, -0.2) is 4.98 Å². The Labute approximate surface area is 106 Å². The fourth-order valence-corrected chi connectivity index (χ4v) is 3.03. The monoisotopic (exact) mass is 270 g/mol. The van der Waals surface area contributed by atoms with Crippen LogP contribution in [0.25, 0.3) is 0 Å². The Balaban J connectivity index is 2.17. The third-order valence-corrected chi connectivity index (χ3v) is 3.71. The summed E-state index contributed by atoms with van der Waals surface area (Å²) in [5.74, 6) is -0.678. The molecule has 1 aliphatic rings. The second-order valence-electron chi connectivity index (χ2n) is 3.26. The van der Waals surface area contributed by atoms with Crippen LogP contribution in [0, 0.1) is 0 Å². The number of thioether (sulfide) groups is 1. The smallest absolute Gasteiger partial charge is 0.268 e. The summed E-state index contributed by atoms with van der Waals surface area (Å²) in [5.41, 5.74) is 5.15. The maximum absolute atomic E-state index is 11.0. The van der Waals surface area contributed by atoms with Crippen LogP contribution in [0.5, 0.6) is 0 Å². The highest BCUT2D eigenvalue weighted by Crippen LogP contribution is 2.31. The van der Waals surface area contributed by atoms with E-state index in [1.165, 1.54) is 30.0 Å². The Bertz CT molecular complexity index is 485. The van der Waals surface area contributed by atoms with Crippen molar-refractivity contribution >= 4 is 40.0 Å². The quantitative estimate of drug-likeness (QED) is 0.843. The summed E-state index contributed by atoms with van der Waals surface area (Å²) in [6, 6.07) is 0. The molecule has 90 valence electrons. The summed E-state index contributed by atoms with van der Waals surface area (Å²) in [4.78, 5) is 27.8. The molecule has 17 heavy (non-hydrogen) atoms. The normalized spacial score (nSPS) is 18.4. The van der Waals surface area contributed by atoms with Crippen molar-refractivity contribution in [1.82, 2.24) is 10.3 Å². The van der Waals surface area contributed by atoms with E-state index in [1.807, 2.05) is 5.41 Å². The second kappa shape index (κ2) is 4.76. The molecule has 6 nitrogen and oxygen atoms in total. The Morgan fingerprint density at radius 1 is 1.59 bits per heavy atom. The van der Waals surface area contributed by atoms with Crippen LogP contribution < -0.4 is 16.0 Å². The van der Waals surface area contributed by atoms with Crippen molar-refractivity contribution in [1.29, 1.82) is 0 Å². The van der Waals surface area contributed by atoms with Crippen LogP contribution in [-0.2, 0) is 4.79 Å². The molecule has 0 aromatic carbocycles. The molecule has 1 aliphatic heterocycles. The minimum atomic E-state index is -0.556. The molecule has 1 unspecified atom stereocenters. The molecule has 2 heterocycles. The lowest BCUT2D eigenvalue weighted by Crippen LogP contribution is -2.40. The maximum atomic E-state index is 11.0. The molecule has 1 aromatic rings. The van der Waals surface area contributed by atoms with Gasteiger partial charge in [0.15, 0.2) is 10.6 Å². The molecule has 0 saturated carbocycles. The second-order valence-corrected chi connectivity index (χ2v) is 5.09. The summed E-state index contributed by atoms with van der Waals surface area (Å²) in [7, 11) is 0. The number of hydrogen-bond donors (Lipinski definition) is 2. The van der Waals surface area contributed by atoms with Gasteiger partial charge < -0.3 is 11.1 Å². The Morgan fingerprint density at radius 3 is 2.94 bits per heavy atom. The number of nitrogens with two attached hydrogens (primary N) is 1. The number of rotatable bonds is 3. The topological polar surface area (TPSA) is 88.3 Å². The van der Waals surface area contributed by atoms with E-state index in [4.69, 9.17) is 5.73 Å². The van der Waals surface area contributed by atoms with Gasteiger partial charge in [-0.05, 0) is 5.41 Å². The van der Waals surface area contributed by atoms with Crippen molar-refractivity contribution in [3.63, 3.8) is 0 Å². The first-order valence-corrected chi connectivity index (χ1v) is 6.53. The molecule has 8 heteroatoms. The van der Waals surface area contributed by atoms with Crippen LogP contribution >= 0.6 is 23.1 Å². The molecule has 2 amide bonds. The summed E-state index contributed by atoms with van der Waals surface area (Å²) in [6.45, 7) is 1.45. The van der Waals surface area contributed by atoms with Crippen LogP contribution in [0.2, 0.25) is 0 Å². The summed E-state index contributed by atoms with van der Waals surface area (Å²) in [5, 5.41) is 6.84. The zero-order chi connectivity index (χ0) is 12.4. The summed E-state index contributed by atoms with van der Waals surface area (Å²) in [6.07, 6.45) is 1.80. The molecular formula is C9H10N4O2S2. The van der Waals surface area contributed by atoms with Crippen molar-refractivity contribution in [2.45, 2.75) is 12.4 Å². The van der Waals surface area contributed by atoms with Gasteiger partial charge in [-0.15, -0.1) is 11.3 Å². The molecule has 3 N–H and O–H groups in total. The highest BCUT2D eigenvalue weighted by atomic mass is 32.2.